The number of hydrogen-bond donors (Lipinski definition) is 1. The van der Waals surface area contributed by atoms with E-state index < -0.39 is 0 Å². The average Bonchev–Trinajstić information content (AvgIpc) is 2.28. The Hall–Kier alpha value is -0.820. The third-order valence-electron chi connectivity index (χ3n) is 3.60. The van der Waals surface area contributed by atoms with Crippen LogP contribution >= 0.6 is 0 Å². The molecule has 0 aliphatic carbocycles. The van der Waals surface area contributed by atoms with E-state index >= 15 is 0 Å². The molecule has 0 aliphatic heterocycles. The molecule has 0 bridgehead atoms. The molecule has 1 aromatic carbocycles. The van der Waals surface area contributed by atoms with Crippen LogP contribution in [0.2, 0.25) is 0 Å². The standard InChI is InChI=1S/C16H27N/c1-6-15(17-13(2)16(3,4)5)12-14-10-8-7-9-11-14/h7-11,13,15,17H,6,12H2,1-5H3. The third-order valence-corrected chi connectivity index (χ3v) is 3.60. The van der Waals surface area contributed by atoms with Gasteiger partial charge >= 0.3 is 0 Å². The lowest BCUT2D eigenvalue weighted by Crippen LogP contribution is -2.44. The van der Waals surface area contributed by atoms with Crippen molar-refractivity contribution in [3.05, 3.63) is 35.9 Å². The Morgan fingerprint density at radius 3 is 2.18 bits per heavy atom. The Labute approximate surface area is 107 Å². The maximum Gasteiger partial charge on any atom is 0.0107 e. The molecule has 0 fully saturated rings. The molecule has 1 aromatic rings. The zero-order valence-electron chi connectivity index (χ0n) is 12.0. The molecule has 2 unspecified atom stereocenters. The maximum atomic E-state index is 3.76. The molecule has 0 aromatic heterocycles. The van der Waals surface area contributed by atoms with Gasteiger partial charge in [0.15, 0.2) is 0 Å². The van der Waals surface area contributed by atoms with Gasteiger partial charge < -0.3 is 5.32 Å². The van der Waals surface area contributed by atoms with Crippen LogP contribution in [0, 0.1) is 5.41 Å². The smallest absolute Gasteiger partial charge is 0.0107 e. The van der Waals surface area contributed by atoms with Gasteiger partial charge in [-0.25, -0.2) is 0 Å². The van der Waals surface area contributed by atoms with E-state index in [0.717, 1.165) is 6.42 Å². The summed E-state index contributed by atoms with van der Waals surface area (Å²) in [5.41, 5.74) is 1.75. The molecule has 0 amide bonds. The highest BCUT2D eigenvalue weighted by molar-refractivity contribution is 5.15. The summed E-state index contributed by atoms with van der Waals surface area (Å²) in [4.78, 5) is 0. The van der Waals surface area contributed by atoms with Crippen molar-refractivity contribution in [1.29, 1.82) is 0 Å². The molecule has 0 saturated carbocycles. The fourth-order valence-electron chi connectivity index (χ4n) is 1.82. The van der Waals surface area contributed by atoms with Crippen LogP contribution in [0.5, 0.6) is 0 Å². The van der Waals surface area contributed by atoms with E-state index in [1.807, 2.05) is 0 Å². The lowest BCUT2D eigenvalue weighted by Gasteiger charge is -2.32. The van der Waals surface area contributed by atoms with Gasteiger partial charge in [-0.3, -0.25) is 0 Å². The highest BCUT2D eigenvalue weighted by Crippen LogP contribution is 2.20. The van der Waals surface area contributed by atoms with Gasteiger partial charge in [0.2, 0.25) is 0 Å². The van der Waals surface area contributed by atoms with E-state index in [0.29, 0.717) is 17.5 Å². The molecular weight excluding hydrogens is 206 g/mol. The van der Waals surface area contributed by atoms with Crippen LogP contribution in [0.3, 0.4) is 0 Å². The minimum Gasteiger partial charge on any atom is -0.311 e. The number of rotatable bonds is 5. The van der Waals surface area contributed by atoms with E-state index in [-0.39, 0.29) is 0 Å². The van der Waals surface area contributed by atoms with E-state index in [1.54, 1.807) is 0 Å². The summed E-state index contributed by atoms with van der Waals surface area (Å²) in [5, 5.41) is 3.76. The predicted molar refractivity (Wildman–Crippen MR) is 76.3 cm³/mol. The predicted octanol–water partition coefficient (Wildman–Crippen LogP) is 4.03. The number of hydrogen-bond acceptors (Lipinski definition) is 1. The Morgan fingerprint density at radius 2 is 1.71 bits per heavy atom. The molecule has 0 saturated heterocycles. The van der Waals surface area contributed by atoms with Crippen molar-refractivity contribution in [3.63, 3.8) is 0 Å². The normalized spacial score (nSPS) is 15.6. The molecule has 17 heavy (non-hydrogen) atoms. The monoisotopic (exact) mass is 233 g/mol. The van der Waals surface area contributed by atoms with Gasteiger partial charge in [-0.15, -0.1) is 0 Å². The summed E-state index contributed by atoms with van der Waals surface area (Å²) in [6.07, 6.45) is 2.30. The molecule has 0 spiro atoms. The Morgan fingerprint density at radius 1 is 1.12 bits per heavy atom. The van der Waals surface area contributed by atoms with Crippen LogP contribution in [0.25, 0.3) is 0 Å². The van der Waals surface area contributed by atoms with Crippen molar-refractivity contribution < 1.29 is 0 Å². The summed E-state index contributed by atoms with van der Waals surface area (Å²) < 4.78 is 0. The summed E-state index contributed by atoms with van der Waals surface area (Å²) in [7, 11) is 0. The third kappa shape index (κ3) is 4.91. The zero-order chi connectivity index (χ0) is 12.9. The van der Waals surface area contributed by atoms with Crippen LogP contribution < -0.4 is 5.32 Å². The highest BCUT2D eigenvalue weighted by Gasteiger charge is 2.22. The average molecular weight is 233 g/mol. The van der Waals surface area contributed by atoms with Crippen LogP contribution in [0.15, 0.2) is 30.3 Å². The molecule has 96 valence electrons. The van der Waals surface area contributed by atoms with E-state index in [1.165, 1.54) is 12.0 Å². The van der Waals surface area contributed by atoms with Gasteiger partial charge in [0.25, 0.3) is 0 Å². The summed E-state index contributed by atoms with van der Waals surface area (Å²) in [6, 6.07) is 11.9. The van der Waals surface area contributed by atoms with Crippen molar-refractivity contribution in [2.45, 2.75) is 59.5 Å². The lowest BCUT2D eigenvalue weighted by atomic mass is 9.87. The molecule has 0 aliphatic rings. The Bertz CT molecular complexity index is 310. The van der Waals surface area contributed by atoms with Gasteiger partial charge in [-0.1, -0.05) is 58.0 Å². The van der Waals surface area contributed by atoms with Gasteiger partial charge in [0, 0.05) is 12.1 Å². The van der Waals surface area contributed by atoms with Crippen molar-refractivity contribution in [2.75, 3.05) is 0 Å². The first kappa shape index (κ1) is 14.2. The fourth-order valence-corrected chi connectivity index (χ4v) is 1.82. The van der Waals surface area contributed by atoms with Crippen LogP contribution in [-0.2, 0) is 6.42 Å². The molecule has 1 rings (SSSR count). The quantitative estimate of drug-likeness (QED) is 0.809. The van der Waals surface area contributed by atoms with Gasteiger partial charge in [-0.2, -0.15) is 0 Å². The molecule has 1 N–H and O–H groups in total. The zero-order valence-corrected chi connectivity index (χ0v) is 12.0. The van der Waals surface area contributed by atoms with E-state index in [9.17, 15) is 0 Å². The molecule has 0 radical (unpaired) electrons. The van der Waals surface area contributed by atoms with Crippen molar-refractivity contribution >= 4 is 0 Å². The molecular formula is C16H27N. The first-order chi connectivity index (χ1) is 7.93. The molecule has 0 heterocycles. The number of benzene rings is 1. The summed E-state index contributed by atoms with van der Waals surface area (Å²) in [6.45, 7) is 11.4. The Balaban J connectivity index is 2.55. The topological polar surface area (TPSA) is 12.0 Å². The first-order valence-corrected chi connectivity index (χ1v) is 6.73. The lowest BCUT2D eigenvalue weighted by molar-refractivity contribution is 0.258. The van der Waals surface area contributed by atoms with Crippen molar-refractivity contribution in [3.8, 4) is 0 Å². The highest BCUT2D eigenvalue weighted by atomic mass is 15.0. The first-order valence-electron chi connectivity index (χ1n) is 6.73. The van der Waals surface area contributed by atoms with Gasteiger partial charge in [0.05, 0.1) is 0 Å². The summed E-state index contributed by atoms with van der Waals surface area (Å²) >= 11 is 0. The van der Waals surface area contributed by atoms with Crippen LogP contribution in [-0.4, -0.2) is 12.1 Å². The van der Waals surface area contributed by atoms with Crippen molar-refractivity contribution in [1.82, 2.24) is 5.32 Å². The van der Waals surface area contributed by atoms with Crippen LogP contribution in [0.1, 0.15) is 46.6 Å². The summed E-state index contributed by atoms with van der Waals surface area (Å²) in [5.74, 6) is 0. The second-order valence-electron chi connectivity index (χ2n) is 6.05. The van der Waals surface area contributed by atoms with E-state index in [2.05, 4.69) is 70.3 Å². The van der Waals surface area contributed by atoms with Gasteiger partial charge in [-0.05, 0) is 30.7 Å². The van der Waals surface area contributed by atoms with Crippen molar-refractivity contribution in [2.24, 2.45) is 5.41 Å². The van der Waals surface area contributed by atoms with Gasteiger partial charge in [0.1, 0.15) is 0 Å². The number of nitrogens with one attached hydrogen (secondary N) is 1. The van der Waals surface area contributed by atoms with E-state index in [4.69, 9.17) is 0 Å². The minimum atomic E-state index is 0.324. The van der Waals surface area contributed by atoms with Crippen LogP contribution in [0.4, 0.5) is 0 Å². The largest absolute Gasteiger partial charge is 0.311 e. The maximum absolute atomic E-state index is 3.76. The second kappa shape index (κ2) is 6.20. The molecule has 1 nitrogen and oxygen atoms in total. The molecule has 1 heteroatoms. The minimum absolute atomic E-state index is 0.324. The SMILES string of the molecule is CCC(Cc1ccccc1)NC(C)C(C)(C)C. The second-order valence-corrected chi connectivity index (χ2v) is 6.05. The fraction of sp³-hybridized carbons (Fsp3) is 0.625. The Kier molecular flexibility index (Phi) is 5.20. The molecule has 2 atom stereocenters.